The molecule has 0 radical (unpaired) electrons. The van der Waals surface area contributed by atoms with E-state index in [1.807, 2.05) is 0 Å². The fourth-order valence-corrected chi connectivity index (χ4v) is 3.07. The largest absolute Gasteiger partial charge is 0.487 e. The van der Waals surface area contributed by atoms with Crippen LogP contribution in [-0.2, 0) is 0 Å². The van der Waals surface area contributed by atoms with Crippen LogP contribution in [-0.4, -0.2) is 12.1 Å². The minimum Gasteiger partial charge on any atom is -0.487 e. The van der Waals surface area contributed by atoms with E-state index < -0.39 is 0 Å². The number of halogens is 1. The summed E-state index contributed by atoms with van der Waals surface area (Å²) in [5.74, 6) is 1.04. The van der Waals surface area contributed by atoms with Crippen molar-refractivity contribution < 1.29 is 4.74 Å². The molecule has 1 atom stereocenters. The number of hydrogen-bond donors (Lipinski definition) is 1. The Morgan fingerprint density at radius 3 is 2.82 bits per heavy atom. The Hall–Kier alpha value is -0.540. The van der Waals surface area contributed by atoms with Gasteiger partial charge in [-0.15, -0.1) is 0 Å². The van der Waals surface area contributed by atoms with Gasteiger partial charge >= 0.3 is 0 Å². The van der Waals surface area contributed by atoms with Crippen molar-refractivity contribution in [3.05, 3.63) is 27.7 Å². The fraction of sp³-hybridized carbons (Fsp3) is 0.571. The van der Waals surface area contributed by atoms with Gasteiger partial charge in [-0.3, -0.25) is 0 Å². The van der Waals surface area contributed by atoms with Crippen LogP contribution in [0.1, 0.15) is 44.4 Å². The molecule has 1 aromatic carbocycles. The van der Waals surface area contributed by atoms with Crippen molar-refractivity contribution in [2.45, 2.75) is 45.8 Å². The van der Waals surface area contributed by atoms with Crippen molar-refractivity contribution in [3.63, 3.8) is 0 Å². The van der Waals surface area contributed by atoms with Crippen molar-refractivity contribution in [3.8, 4) is 5.75 Å². The highest BCUT2D eigenvalue weighted by atomic mass is 79.9. The molecule has 0 saturated carbocycles. The maximum Gasteiger partial charge on any atom is 0.128 e. The van der Waals surface area contributed by atoms with E-state index in [0.29, 0.717) is 6.04 Å². The van der Waals surface area contributed by atoms with E-state index in [-0.39, 0.29) is 5.60 Å². The molecule has 0 fully saturated rings. The molecule has 1 heterocycles. The van der Waals surface area contributed by atoms with E-state index in [1.54, 1.807) is 0 Å². The molecular formula is C14H20BrNO. The number of ether oxygens (including phenoxy) is 1. The lowest BCUT2D eigenvalue weighted by atomic mass is 9.88. The highest BCUT2D eigenvalue weighted by Gasteiger charge is 2.35. The topological polar surface area (TPSA) is 21.3 Å². The van der Waals surface area contributed by atoms with Crippen molar-refractivity contribution in [1.29, 1.82) is 0 Å². The van der Waals surface area contributed by atoms with Crippen molar-refractivity contribution in [2.24, 2.45) is 0 Å². The number of fused-ring (bicyclic) bond motifs is 1. The fourth-order valence-electron chi connectivity index (χ4n) is 2.48. The van der Waals surface area contributed by atoms with Gasteiger partial charge in [0.05, 0.1) is 0 Å². The van der Waals surface area contributed by atoms with Crippen LogP contribution in [0.25, 0.3) is 0 Å². The Balaban J connectivity index is 2.52. The Morgan fingerprint density at radius 1 is 1.47 bits per heavy atom. The zero-order valence-corrected chi connectivity index (χ0v) is 12.5. The summed E-state index contributed by atoms with van der Waals surface area (Å²) in [5.41, 5.74) is 2.37. The first-order chi connectivity index (χ1) is 7.94. The molecule has 0 bridgehead atoms. The average Bonchev–Trinajstić information content (AvgIpc) is 2.22. The van der Waals surface area contributed by atoms with Gasteiger partial charge in [0, 0.05) is 22.5 Å². The Morgan fingerprint density at radius 2 is 2.18 bits per heavy atom. The summed E-state index contributed by atoms with van der Waals surface area (Å²) in [4.78, 5) is 0. The molecule has 0 spiro atoms. The van der Waals surface area contributed by atoms with Gasteiger partial charge < -0.3 is 10.1 Å². The van der Waals surface area contributed by atoms with Crippen LogP contribution >= 0.6 is 15.9 Å². The zero-order valence-electron chi connectivity index (χ0n) is 10.9. The Labute approximate surface area is 112 Å². The molecule has 1 aliphatic heterocycles. The van der Waals surface area contributed by atoms with Crippen LogP contribution in [0.4, 0.5) is 0 Å². The third-order valence-corrected chi connectivity index (χ3v) is 3.90. The lowest BCUT2D eigenvalue weighted by Gasteiger charge is -2.39. The van der Waals surface area contributed by atoms with E-state index >= 15 is 0 Å². The van der Waals surface area contributed by atoms with E-state index in [1.165, 1.54) is 11.1 Å². The van der Waals surface area contributed by atoms with Crippen molar-refractivity contribution in [2.75, 3.05) is 6.54 Å². The molecule has 1 unspecified atom stereocenters. The van der Waals surface area contributed by atoms with Crippen LogP contribution in [0.15, 0.2) is 16.6 Å². The minimum atomic E-state index is -0.106. The molecular weight excluding hydrogens is 278 g/mol. The number of benzene rings is 1. The highest BCUT2D eigenvalue weighted by molar-refractivity contribution is 9.10. The molecule has 17 heavy (non-hydrogen) atoms. The summed E-state index contributed by atoms with van der Waals surface area (Å²) in [7, 11) is 0. The van der Waals surface area contributed by atoms with Gasteiger partial charge in [-0.05, 0) is 38.9 Å². The molecule has 1 aliphatic rings. The van der Waals surface area contributed by atoms with Crippen LogP contribution in [0.3, 0.4) is 0 Å². The van der Waals surface area contributed by atoms with Crippen molar-refractivity contribution in [1.82, 2.24) is 5.32 Å². The average molecular weight is 298 g/mol. The second-order valence-corrected chi connectivity index (χ2v) is 6.14. The van der Waals surface area contributed by atoms with Gasteiger partial charge in [0.15, 0.2) is 0 Å². The molecule has 94 valence electrons. The van der Waals surface area contributed by atoms with Crippen molar-refractivity contribution >= 4 is 15.9 Å². The number of rotatable bonds is 2. The van der Waals surface area contributed by atoms with Gasteiger partial charge in [-0.25, -0.2) is 0 Å². The van der Waals surface area contributed by atoms with Crippen LogP contribution < -0.4 is 10.1 Å². The third-order valence-electron chi connectivity index (χ3n) is 3.21. The van der Waals surface area contributed by atoms with Gasteiger partial charge in [-0.1, -0.05) is 28.9 Å². The summed E-state index contributed by atoms with van der Waals surface area (Å²) in [6, 6.07) is 4.58. The van der Waals surface area contributed by atoms with Crippen LogP contribution in [0, 0.1) is 6.92 Å². The first-order valence-electron chi connectivity index (χ1n) is 6.16. The van der Waals surface area contributed by atoms with Gasteiger partial charge in [-0.2, -0.15) is 0 Å². The molecule has 2 rings (SSSR count). The third kappa shape index (κ3) is 2.50. The predicted molar refractivity (Wildman–Crippen MR) is 74.6 cm³/mol. The molecule has 3 heteroatoms. The maximum absolute atomic E-state index is 6.14. The van der Waals surface area contributed by atoms with Crippen LogP contribution in [0.2, 0.25) is 0 Å². The monoisotopic (exact) mass is 297 g/mol. The maximum atomic E-state index is 6.14. The first kappa shape index (κ1) is 12.9. The molecule has 0 amide bonds. The molecule has 0 aliphatic carbocycles. The second kappa shape index (κ2) is 4.62. The van der Waals surface area contributed by atoms with Gasteiger partial charge in [0.2, 0.25) is 0 Å². The summed E-state index contributed by atoms with van der Waals surface area (Å²) in [5, 5.41) is 3.55. The number of nitrogens with one attached hydrogen (secondary N) is 1. The molecule has 2 nitrogen and oxygen atoms in total. The van der Waals surface area contributed by atoms with E-state index in [0.717, 1.165) is 23.2 Å². The van der Waals surface area contributed by atoms with Crippen LogP contribution in [0.5, 0.6) is 5.75 Å². The first-order valence-corrected chi connectivity index (χ1v) is 6.95. The number of aryl methyl sites for hydroxylation is 1. The highest BCUT2D eigenvalue weighted by Crippen LogP contribution is 2.44. The molecule has 1 N–H and O–H groups in total. The van der Waals surface area contributed by atoms with Gasteiger partial charge in [0.1, 0.15) is 11.4 Å². The molecule has 0 saturated heterocycles. The predicted octanol–water partition coefficient (Wildman–Crippen LogP) is 3.97. The van der Waals surface area contributed by atoms with E-state index in [4.69, 9.17) is 4.74 Å². The zero-order chi connectivity index (χ0) is 12.6. The summed E-state index contributed by atoms with van der Waals surface area (Å²) in [6.45, 7) is 9.53. The smallest absolute Gasteiger partial charge is 0.128 e. The van der Waals surface area contributed by atoms with E-state index in [2.05, 4.69) is 61.1 Å². The minimum absolute atomic E-state index is 0.106. The quantitative estimate of drug-likeness (QED) is 0.892. The normalized spacial score (nSPS) is 21.8. The summed E-state index contributed by atoms with van der Waals surface area (Å²) in [6.07, 6.45) is 0.996. The van der Waals surface area contributed by atoms with Gasteiger partial charge in [0.25, 0.3) is 0 Å². The standard InChI is InChI=1S/C14H20BrNO/c1-5-16-11-8-14(3,4)17-13-9(2)6-7-10(15)12(11)13/h6-7,11,16H,5,8H2,1-4H3. The Kier molecular flexibility index (Phi) is 3.50. The lowest BCUT2D eigenvalue weighted by molar-refractivity contribution is 0.0652. The summed E-state index contributed by atoms with van der Waals surface area (Å²) >= 11 is 3.64. The van der Waals surface area contributed by atoms with E-state index in [9.17, 15) is 0 Å². The second-order valence-electron chi connectivity index (χ2n) is 5.28. The SMILES string of the molecule is CCNC1CC(C)(C)Oc2c(C)ccc(Br)c21. The summed E-state index contributed by atoms with van der Waals surface area (Å²) < 4.78 is 7.28. The molecule has 1 aromatic rings. The molecule has 0 aromatic heterocycles. The lowest BCUT2D eigenvalue weighted by Crippen LogP contribution is -2.40. The Bertz CT molecular complexity index is 428. The number of hydrogen-bond acceptors (Lipinski definition) is 2.